The van der Waals surface area contributed by atoms with E-state index < -0.39 is 11.6 Å². The number of carbonyl (C=O) groups is 1. The second-order valence-electron chi connectivity index (χ2n) is 9.37. The van der Waals surface area contributed by atoms with Crippen LogP contribution in [0.5, 0.6) is 0 Å². The van der Waals surface area contributed by atoms with Crippen LogP contribution in [0.1, 0.15) is 50.5 Å². The normalized spacial score (nSPS) is 27.5. The van der Waals surface area contributed by atoms with Gasteiger partial charge in [-0.15, -0.1) is 0 Å². The Kier molecular flexibility index (Phi) is 5.52. The van der Waals surface area contributed by atoms with Gasteiger partial charge in [-0.3, -0.25) is 14.7 Å². The van der Waals surface area contributed by atoms with Crippen LogP contribution >= 0.6 is 0 Å². The van der Waals surface area contributed by atoms with Gasteiger partial charge < -0.3 is 10.0 Å². The molecule has 1 amide bonds. The highest BCUT2D eigenvalue weighted by atomic mass is 19.1. The van der Waals surface area contributed by atoms with E-state index in [4.69, 9.17) is 0 Å². The van der Waals surface area contributed by atoms with Gasteiger partial charge in [0.15, 0.2) is 0 Å². The van der Waals surface area contributed by atoms with Crippen molar-refractivity contribution in [1.82, 2.24) is 14.8 Å². The maximum Gasteiger partial charge on any atom is 0.243 e. The molecule has 1 N–H and O–H groups in total. The van der Waals surface area contributed by atoms with Crippen molar-refractivity contribution in [3.05, 3.63) is 54.0 Å². The number of nitrogens with zero attached hydrogens (tertiary/aromatic N) is 3. The van der Waals surface area contributed by atoms with E-state index in [9.17, 15) is 14.3 Å². The fourth-order valence-electron chi connectivity index (χ4n) is 5.76. The van der Waals surface area contributed by atoms with E-state index in [1.807, 2.05) is 18.3 Å². The number of aliphatic hydroxyl groups excluding tert-OH is 1. The lowest BCUT2D eigenvalue weighted by atomic mass is 9.92. The van der Waals surface area contributed by atoms with Gasteiger partial charge in [0.05, 0.1) is 11.8 Å². The zero-order chi connectivity index (χ0) is 21.4. The molecule has 31 heavy (non-hydrogen) atoms. The Morgan fingerprint density at radius 2 is 1.87 bits per heavy atom. The van der Waals surface area contributed by atoms with Crippen molar-refractivity contribution in [2.45, 2.75) is 69.2 Å². The topological polar surface area (TPSA) is 56.7 Å². The highest BCUT2D eigenvalue weighted by Gasteiger charge is 2.56. The molecular weight excluding hydrogens is 393 g/mol. The van der Waals surface area contributed by atoms with E-state index in [0.29, 0.717) is 25.6 Å². The predicted molar refractivity (Wildman–Crippen MR) is 117 cm³/mol. The maximum absolute atomic E-state index is 13.6. The summed E-state index contributed by atoms with van der Waals surface area (Å²) in [5, 5.41) is 10.5. The number of amides is 1. The molecule has 3 heterocycles. The SMILES string of the molecule is O=C1N(C2CCCCC2)CCC12C[C@@H](O)CN2Cc1ccc(-c2ccc(F)cc2)nc1. The van der Waals surface area contributed by atoms with Crippen LogP contribution < -0.4 is 0 Å². The number of pyridine rings is 1. The molecule has 1 saturated carbocycles. The lowest BCUT2D eigenvalue weighted by molar-refractivity contribution is -0.139. The van der Waals surface area contributed by atoms with Crippen molar-refractivity contribution in [2.24, 2.45) is 0 Å². The minimum absolute atomic E-state index is 0.215. The molecule has 5 rings (SSSR count). The zero-order valence-corrected chi connectivity index (χ0v) is 17.8. The highest BCUT2D eigenvalue weighted by Crippen LogP contribution is 2.42. The Morgan fingerprint density at radius 1 is 1.10 bits per heavy atom. The van der Waals surface area contributed by atoms with Gasteiger partial charge in [-0.25, -0.2) is 4.39 Å². The summed E-state index contributed by atoms with van der Waals surface area (Å²) in [5.74, 6) is -0.0476. The Labute approximate surface area is 182 Å². The van der Waals surface area contributed by atoms with Crippen LogP contribution in [0, 0.1) is 5.82 Å². The molecule has 0 radical (unpaired) electrons. The summed E-state index contributed by atoms with van der Waals surface area (Å²) in [6.45, 7) is 1.91. The number of aliphatic hydroxyl groups is 1. The number of benzene rings is 1. The fourth-order valence-corrected chi connectivity index (χ4v) is 5.76. The summed E-state index contributed by atoms with van der Waals surface area (Å²) >= 11 is 0. The highest BCUT2D eigenvalue weighted by molar-refractivity contribution is 5.89. The molecule has 2 atom stereocenters. The van der Waals surface area contributed by atoms with Crippen molar-refractivity contribution in [3.63, 3.8) is 0 Å². The van der Waals surface area contributed by atoms with Crippen molar-refractivity contribution in [3.8, 4) is 11.3 Å². The summed E-state index contributed by atoms with van der Waals surface area (Å²) in [4.78, 5) is 22.4. The molecule has 3 aliphatic rings. The van der Waals surface area contributed by atoms with Crippen LogP contribution in [-0.2, 0) is 11.3 Å². The van der Waals surface area contributed by atoms with Gasteiger partial charge in [-0.1, -0.05) is 25.3 Å². The number of likely N-dealkylation sites (tertiary alicyclic amines) is 2. The van der Waals surface area contributed by atoms with E-state index in [1.165, 1.54) is 31.4 Å². The van der Waals surface area contributed by atoms with Gasteiger partial charge in [0.1, 0.15) is 11.4 Å². The Bertz CT molecular complexity index is 927. The molecule has 1 aliphatic carbocycles. The molecule has 5 nitrogen and oxygen atoms in total. The number of aromatic nitrogens is 1. The minimum atomic E-state index is -0.577. The maximum atomic E-state index is 13.6. The molecule has 164 valence electrons. The van der Waals surface area contributed by atoms with Crippen LogP contribution in [0.15, 0.2) is 42.6 Å². The Balaban J connectivity index is 1.32. The third kappa shape index (κ3) is 3.87. The van der Waals surface area contributed by atoms with Crippen LogP contribution in [0.25, 0.3) is 11.3 Å². The minimum Gasteiger partial charge on any atom is -0.392 e. The first-order chi connectivity index (χ1) is 15.0. The van der Waals surface area contributed by atoms with Crippen molar-refractivity contribution in [1.29, 1.82) is 0 Å². The molecular formula is C25H30FN3O2. The summed E-state index contributed by atoms with van der Waals surface area (Å²) in [7, 11) is 0. The first kappa shape index (κ1) is 20.6. The molecule has 1 aromatic carbocycles. The summed E-state index contributed by atoms with van der Waals surface area (Å²) < 4.78 is 13.2. The molecule has 2 aromatic rings. The van der Waals surface area contributed by atoms with E-state index in [0.717, 1.165) is 42.6 Å². The molecule has 2 saturated heterocycles. The number of halogens is 1. The number of rotatable bonds is 4. The van der Waals surface area contributed by atoms with Crippen LogP contribution in [0.4, 0.5) is 4.39 Å². The average Bonchev–Trinajstić information content (AvgIpc) is 3.29. The molecule has 2 aliphatic heterocycles. The largest absolute Gasteiger partial charge is 0.392 e. The molecule has 3 fully saturated rings. The smallest absolute Gasteiger partial charge is 0.243 e. The molecule has 1 unspecified atom stereocenters. The van der Waals surface area contributed by atoms with Gasteiger partial charge >= 0.3 is 0 Å². The van der Waals surface area contributed by atoms with E-state index in [1.54, 1.807) is 12.1 Å². The number of hydrogen-bond donors (Lipinski definition) is 1. The zero-order valence-electron chi connectivity index (χ0n) is 17.8. The second-order valence-corrected chi connectivity index (χ2v) is 9.37. The van der Waals surface area contributed by atoms with Gasteiger partial charge in [-0.2, -0.15) is 0 Å². The average molecular weight is 424 g/mol. The lowest BCUT2D eigenvalue weighted by Gasteiger charge is -2.36. The Morgan fingerprint density at radius 3 is 2.58 bits per heavy atom. The van der Waals surface area contributed by atoms with Gasteiger partial charge in [-0.05, 0) is 55.2 Å². The first-order valence-corrected chi connectivity index (χ1v) is 11.5. The molecule has 1 aromatic heterocycles. The van der Waals surface area contributed by atoms with E-state index in [2.05, 4.69) is 14.8 Å². The summed E-state index contributed by atoms with van der Waals surface area (Å²) in [5.41, 5.74) is 2.10. The van der Waals surface area contributed by atoms with Crippen LogP contribution in [-0.4, -0.2) is 56.6 Å². The number of β-amino-alcohol motifs (C(OH)–C–C–N with tert-alkyl or cyclic N) is 1. The molecule has 1 spiro atoms. The van der Waals surface area contributed by atoms with Gasteiger partial charge in [0.25, 0.3) is 0 Å². The lowest BCUT2D eigenvalue weighted by Crippen LogP contribution is -2.51. The summed E-state index contributed by atoms with van der Waals surface area (Å²) in [6, 6.07) is 10.6. The van der Waals surface area contributed by atoms with Crippen LogP contribution in [0.2, 0.25) is 0 Å². The van der Waals surface area contributed by atoms with Crippen molar-refractivity contribution in [2.75, 3.05) is 13.1 Å². The standard InChI is InChI=1S/C25H30FN3O2/c26-20-9-7-19(8-10-20)23-11-6-18(15-27-23)16-28-17-22(30)14-25(28)12-13-29(24(25)31)21-4-2-1-3-5-21/h6-11,15,21-22,30H,1-5,12-14,16-17H2/t22-,25?/m1/s1. The van der Waals surface area contributed by atoms with E-state index in [-0.39, 0.29) is 11.7 Å². The monoisotopic (exact) mass is 423 g/mol. The predicted octanol–water partition coefficient (Wildman–Crippen LogP) is 3.76. The van der Waals surface area contributed by atoms with Crippen molar-refractivity contribution >= 4 is 5.91 Å². The fraction of sp³-hybridized carbons (Fsp3) is 0.520. The Hall–Kier alpha value is -2.31. The number of hydrogen-bond acceptors (Lipinski definition) is 4. The van der Waals surface area contributed by atoms with Gasteiger partial charge in [0.2, 0.25) is 5.91 Å². The van der Waals surface area contributed by atoms with Crippen LogP contribution in [0.3, 0.4) is 0 Å². The number of carbonyl (C=O) groups excluding carboxylic acids is 1. The molecule has 6 heteroatoms. The third-order valence-corrected chi connectivity index (χ3v) is 7.39. The second kappa shape index (κ2) is 8.32. The van der Waals surface area contributed by atoms with Crippen molar-refractivity contribution < 1.29 is 14.3 Å². The quantitative estimate of drug-likeness (QED) is 0.814. The molecule has 0 bridgehead atoms. The summed E-state index contributed by atoms with van der Waals surface area (Å²) in [6.07, 6.45) is 8.58. The van der Waals surface area contributed by atoms with E-state index >= 15 is 0 Å². The first-order valence-electron chi connectivity index (χ1n) is 11.5. The van der Waals surface area contributed by atoms with Gasteiger partial charge in [0, 0.05) is 43.9 Å². The third-order valence-electron chi connectivity index (χ3n) is 7.39.